The van der Waals surface area contributed by atoms with Gasteiger partial charge in [-0.3, -0.25) is 58.2 Å². The molecule has 16 fully saturated rings. The average Bonchev–Trinajstić information content (AvgIpc) is 1.11. The number of carbonyl (C=O) groups is 6. The van der Waals surface area contributed by atoms with Gasteiger partial charge in [0.25, 0.3) is 0 Å². The summed E-state index contributed by atoms with van der Waals surface area (Å²) in [5.41, 5.74) is 56.5. The Morgan fingerprint density at radius 2 is 0.503 bits per heavy atom. The lowest BCUT2D eigenvalue weighted by atomic mass is 9.52. The van der Waals surface area contributed by atoms with Gasteiger partial charge in [-0.25, -0.2) is 0 Å². The zero-order valence-electron chi connectivity index (χ0n) is 89.3. The number of hydrogen-bond donors (Lipinski definition) is 6. The van der Waals surface area contributed by atoms with Crippen LogP contribution < -0.4 is 34.4 Å². The lowest BCUT2D eigenvalue weighted by Gasteiger charge is -2.60. The van der Waals surface area contributed by atoms with Crippen molar-refractivity contribution in [1.82, 2.24) is 29.4 Å². The van der Waals surface area contributed by atoms with Crippen LogP contribution in [0.4, 0.5) is 0 Å². The highest BCUT2D eigenvalue weighted by Crippen LogP contribution is 2.64. The molecule has 145 heavy (non-hydrogen) atoms. The lowest BCUT2D eigenvalue weighted by Crippen LogP contribution is -2.63. The van der Waals surface area contributed by atoms with Gasteiger partial charge in [-0.05, 0) is 494 Å². The predicted molar refractivity (Wildman–Crippen MR) is 579 cm³/mol. The smallest absolute Gasteiger partial charge is 0.248 e. The second-order valence-corrected chi connectivity index (χ2v) is 52.5. The second-order valence-electron chi connectivity index (χ2n) is 52.5. The van der Waals surface area contributed by atoms with Crippen LogP contribution in [0.25, 0.3) is 0 Å². The monoisotopic (exact) mass is 1960 g/mol. The maximum Gasteiger partial charge on any atom is 0.248 e. The molecule has 6 aliphatic heterocycles. The Hall–Kier alpha value is -8.10. The molecule has 6 aromatic rings. The largest absolute Gasteiger partial charge is 0.366 e. The van der Waals surface area contributed by atoms with Crippen LogP contribution >= 0.6 is 0 Å². The fraction of sp³-hybridized carbons (Fsp3) is 0.669. The predicted octanol–water partition coefficient (Wildman–Crippen LogP) is 20.4. The zero-order valence-corrected chi connectivity index (χ0v) is 89.3. The first-order chi connectivity index (χ1) is 69.9. The molecule has 12 bridgehead atoms. The van der Waals surface area contributed by atoms with Gasteiger partial charge in [0.05, 0.1) is 0 Å². The minimum atomic E-state index is -0.314. The van der Waals surface area contributed by atoms with Crippen molar-refractivity contribution >= 4 is 35.4 Å². The molecule has 0 spiro atoms. The second kappa shape index (κ2) is 39.3. The molecule has 22 atom stereocenters. The SMILES string of the molecule is C[C@@H](C1CC1)N1CC[C@@]2(C)c3cc(C(N)=O)ccc3CC1[C@@H]2C.C[C@@H](C1CC1)N1CC[C@]23CCCCC2C1Cc1ccc(C(N)=O)cc13.C[C@H](C1CC1)N1CC[C@@]2(C)c3cc(C(N)=O)ccc3CC1[C@@H]2C.C[C@H](C1CC1)N1CC[C@]23CCCCC2C1Cc1ccc(C(N)=O)cc13.NC(=O)c1ccc2c(c1)[C@@]13CCCCC1C(C2)N(CC1CC1)CC3.NC(=O)c1ccc2c(c1)[C@@]13CCCCC1C(C2)N(CC1CCC1)CC3. The summed E-state index contributed by atoms with van der Waals surface area (Å²) in [6, 6.07) is 44.6. The van der Waals surface area contributed by atoms with Gasteiger partial charge in [0.2, 0.25) is 35.4 Å². The van der Waals surface area contributed by atoms with E-state index in [0.29, 0.717) is 91.0 Å². The molecule has 10 saturated carbocycles. The number of hydrogen-bond acceptors (Lipinski definition) is 12. The maximum atomic E-state index is 11.8. The molecule has 28 rings (SSSR count). The van der Waals surface area contributed by atoms with Gasteiger partial charge in [0.1, 0.15) is 0 Å². The fourth-order valence-electron chi connectivity index (χ4n) is 36.0. The van der Waals surface area contributed by atoms with E-state index in [4.69, 9.17) is 34.4 Å². The highest BCUT2D eigenvalue weighted by atomic mass is 16.2. The average molecular weight is 1960 g/mol. The van der Waals surface area contributed by atoms with Gasteiger partial charge in [0.15, 0.2) is 0 Å². The molecule has 22 aliphatic rings. The van der Waals surface area contributed by atoms with Crippen LogP contribution in [0.5, 0.6) is 0 Å². The van der Waals surface area contributed by atoms with Gasteiger partial charge in [-0.2, -0.15) is 0 Å². The summed E-state index contributed by atoms with van der Waals surface area (Å²) in [4.78, 5) is 87.1. The molecule has 0 aromatic heterocycles. The molecule has 6 amide bonds. The van der Waals surface area contributed by atoms with Crippen molar-refractivity contribution in [1.29, 1.82) is 0 Å². The van der Waals surface area contributed by atoms with Gasteiger partial charge in [-0.1, -0.05) is 122 Å². The first-order valence-electron chi connectivity index (χ1n) is 59.0. The summed E-state index contributed by atoms with van der Waals surface area (Å²) in [6.07, 6.45) is 54.4. The summed E-state index contributed by atoms with van der Waals surface area (Å²) < 4.78 is 0. The maximum absolute atomic E-state index is 11.8. The van der Waals surface area contributed by atoms with E-state index in [1.54, 1.807) is 0 Å². The highest BCUT2D eigenvalue weighted by molar-refractivity contribution is 5.96. The molecular weight excluding hydrogens is 1790 g/mol. The Balaban J connectivity index is 0.0000000962. The van der Waals surface area contributed by atoms with E-state index in [-0.39, 0.29) is 46.3 Å². The van der Waals surface area contributed by atoms with Crippen molar-refractivity contribution in [2.24, 2.45) is 105 Å². The Morgan fingerprint density at radius 3 is 0.766 bits per heavy atom. The van der Waals surface area contributed by atoms with E-state index in [0.717, 1.165) is 121 Å². The number of nitrogens with two attached hydrogens (primary N) is 6. The van der Waals surface area contributed by atoms with E-state index in [1.807, 2.05) is 36.4 Å². The summed E-state index contributed by atoms with van der Waals surface area (Å²) in [6.45, 7) is 29.4. The number of piperidine rings is 6. The van der Waals surface area contributed by atoms with E-state index in [1.165, 1.54) is 357 Å². The number of nitrogens with zero attached hydrogens (tertiary/aromatic N) is 6. The zero-order chi connectivity index (χ0) is 100. The molecule has 6 aromatic carbocycles. The van der Waals surface area contributed by atoms with Crippen molar-refractivity contribution in [3.8, 4) is 0 Å². The van der Waals surface area contributed by atoms with Crippen LogP contribution in [0.15, 0.2) is 109 Å². The molecule has 18 heteroatoms. The Labute approximate surface area is 866 Å². The molecule has 778 valence electrons. The quantitative estimate of drug-likeness (QED) is 0.0469. The van der Waals surface area contributed by atoms with Crippen LogP contribution in [-0.4, -0.2) is 178 Å². The van der Waals surface area contributed by atoms with Crippen LogP contribution in [-0.2, 0) is 71.0 Å². The van der Waals surface area contributed by atoms with Crippen LogP contribution in [0, 0.1) is 71.0 Å². The number of primary amides is 6. The molecule has 12 N–H and O–H groups in total. The number of amides is 6. The van der Waals surface area contributed by atoms with Crippen LogP contribution in [0.1, 0.15) is 409 Å². The van der Waals surface area contributed by atoms with E-state index < -0.39 is 0 Å². The van der Waals surface area contributed by atoms with Crippen molar-refractivity contribution in [3.05, 3.63) is 209 Å². The van der Waals surface area contributed by atoms with Crippen LogP contribution in [0.2, 0.25) is 0 Å². The first-order valence-corrected chi connectivity index (χ1v) is 59.0. The van der Waals surface area contributed by atoms with Crippen molar-refractivity contribution in [2.75, 3.05) is 52.4 Å². The van der Waals surface area contributed by atoms with E-state index in [9.17, 15) is 28.8 Å². The van der Waals surface area contributed by atoms with Gasteiger partial charge in [-0.15, -0.1) is 0 Å². The van der Waals surface area contributed by atoms with E-state index in [2.05, 4.69) is 158 Å². The molecule has 18 nitrogen and oxygen atoms in total. The number of carbonyl (C=O) groups excluding carboxylic acids is 6. The third-order valence-corrected chi connectivity index (χ3v) is 45.7. The van der Waals surface area contributed by atoms with Crippen molar-refractivity contribution in [3.63, 3.8) is 0 Å². The number of likely N-dealkylation sites (tertiary alicyclic amines) is 6. The van der Waals surface area contributed by atoms with Gasteiger partial charge in [0, 0.05) is 129 Å². The molecule has 10 unspecified atom stereocenters. The standard InChI is InChI=1S/3C22H30N2O.C21H28N2O.2C20H28N2O/c2*1-14(15-5-6-15)24-11-10-22-9-3-2-4-18(22)20(24)13-16-7-8-17(21(23)25)12-19(16)22;23-21(25)17-8-7-16-13-20-18-6-1-2-9-22(18,19(16)12-17)10-11-24(20)14-15-4-3-5-15;22-20(24)16-7-6-15-12-19-17-3-1-2-8-21(17,18(15)11-16)9-10-23(19)13-14-4-5-14;2*1-12-18-11-15-6-7-16(19(21)23)10-17(15)20(12,3)8-9-22(18)13(2)14-4-5-14/h2*7-8,12,14-15,18,20H,2-6,9-11,13H2,1H3,(H2,23,25);7-8,12,15,18,20H,1-6,9-11,13-14H2,(H2,23,25);6-7,11,14,17,19H,1-5,8-10,12-13H2,(H2,22,24);2*6-7,10,12-14,18H,4-5,8-9,11H2,1-3H3,(H2,21,23)/t14-,18?,20?,22+;14-,18?,20?,22-;18?,20?,22-;17?,19?,21-;12-,13+,18?,20+;12-,13-,18?,20+/m011100/s1. The number of fused-ring (bicyclic) bond motifs is 12. The third-order valence-electron chi connectivity index (χ3n) is 45.7. The van der Waals surface area contributed by atoms with Crippen molar-refractivity contribution < 1.29 is 28.8 Å². The first kappa shape index (κ1) is 100. The Bertz CT molecular complexity index is 5690. The molecule has 6 saturated heterocycles. The van der Waals surface area contributed by atoms with E-state index >= 15 is 0 Å². The summed E-state index contributed by atoms with van der Waals surface area (Å²) >= 11 is 0. The minimum Gasteiger partial charge on any atom is -0.366 e. The third kappa shape index (κ3) is 18.1. The Morgan fingerprint density at radius 1 is 0.269 bits per heavy atom. The normalized spacial score (nSPS) is 35.1. The Kier molecular flexibility index (Phi) is 27.1. The van der Waals surface area contributed by atoms with Crippen molar-refractivity contribution in [2.45, 2.75) is 412 Å². The summed E-state index contributed by atoms with van der Waals surface area (Å²) in [7, 11) is 0. The summed E-state index contributed by atoms with van der Waals surface area (Å²) in [5, 5.41) is 0. The minimum absolute atomic E-state index is 0.170. The molecule has 6 heterocycles. The topological polar surface area (TPSA) is 278 Å². The van der Waals surface area contributed by atoms with Gasteiger partial charge < -0.3 is 34.4 Å². The number of benzene rings is 6. The molecular formula is C127H174N12O6. The number of rotatable bonds is 18. The molecule has 16 aliphatic carbocycles. The van der Waals surface area contributed by atoms with Crippen LogP contribution in [0.3, 0.4) is 0 Å². The van der Waals surface area contributed by atoms with Gasteiger partial charge >= 0.3 is 0 Å². The lowest BCUT2D eigenvalue weighted by molar-refractivity contribution is -0.0343. The fourth-order valence-corrected chi connectivity index (χ4v) is 36.0. The molecule has 0 radical (unpaired) electrons. The summed E-state index contributed by atoms with van der Waals surface area (Å²) in [5.74, 6) is 8.24. The highest BCUT2D eigenvalue weighted by Gasteiger charge is 2.62.